The summed E-state index contributed by atoms with van der Waals surface area (Å²) in [5, 5.41) is 0. The van der Waals surface area contributed by atoms with E-state index in [0.29, 0.717) is 13.2 Å². The van der Waals surface area contributed by atoms with Gasteiger partial charge in [0.05, 0.1) is 13.2 Å². The number of carbonyl (C=O) groups is 3. The SMILES string of the molecule is CC(COC(=O)OC(C)(C)C(C)OC(=O)OCC1CO1)C(C)(C)OC(=O)OCC1CO1. The molecular formula is C20H32O11. The van der Waals surface area contributed by atoms with E-state index in [1.807, 2.05) is 0 Å². The molecule has 31 heavy (non-hydrogen) atoms. The first-order chi connectivity index (χ1) is 14.4. The molecule has 0 aliphatic carbocycles. The third kappa shape index (κ3) is 9.18. The minimum Gasteiger partial charge on any atom is -0.434 e. The predicted octanol–water partition coefficient (Wildman–Crippen LogP) is 2.83. The van der Waals surface area contributed by atoms with E-state index in [9.17, 15) is 14.4 Å². The predicted molar refractivity (Wildman–Crippen MR) is 104 cm³/mol. The molecule has 4 unspecified atom stereocenters. The van der Waals surface area contributed by atoms with Gasteiger partial charge in [0.15, 0.2) is 0 Å². The van der Waals surface area contributed by atoms with E-state index >= 15 is 0 Å². The van der Waals surface area contributed by atoms with Crippen molar-refractivity contribution in [2.45, 2.75) is 71.1 Å². The molecule has 0 aromatic rings. The Balaban J connectivity index is 1.69. The summed E-state index contributed by atoms with van der Waals surface area (Å²) < 4.78 is 40.6. The van der Waals surface area contributed by atoms with E-state index in [4.69, 9.17) is 37.9 Å². The van der Waals surface area contributed by atoms with E-state index in [0.717, 1.165) is 0 Å². The third-order valence-corrected chi connectivity index (χ3v) is 5.16. The van der Waals surface area contributed by atoms with Crippen LogP contribution in [-0.2, 0) is 37.9 Å². The summed E-state index contributed by atoms with van der Waals surface area (Å²) in [4.78, 5) is 35.6. The van der Waals surface area contributed by atoms with Crippen LogP contribution in [-0.4, -0.2) is 81.0 Å². The average molecular weight is 448 g/mol. The van der Waals surface area contributed by atoms with Crippen molar-refractivity contribution in [1.82, 2.24) is 0 Å². The van der Waals surface area contributed by atoms with E-state index in [2.05, 4.69) is 0 Å². The number of ether oxygens (including phenoxy) is 8. The lowest BCUT2D eigenvalue weighted by molar-refractivity contribution is -0.101. The van der Waals surface area contributed by atoms with Gasteiger partial charge >= 0.3 is 18.5 Å². The second kappa shape index (κ2) is 10.4. The molecule has 0 saturated carbocycles. The number of carbonyl (C=O) groups excluding carboxylic acids is 3. The molecule has 178 valence electrons. The summed E-state index contributed by atoms with van der Waals surface area (Å²) in [6, 6.07) is 0. The summed E-state index contributed by atoms with van der Waals surface area (Å²) in [5.74, 6) is -0.360. The van der Waals surface area contributed by atoms with Crippen molar-refractivity contribution in [3.63, 3.8) is 0 Å². The van der Waals surface area contributed by atoms with Crippen LogP contribution >= 0.6 is 0 Å². The van der Waals surface area contributed by atoms with Crippen LogP contribution in [0.1, 0.15) is 41.5 Å². The quantitative estimate of drug-likeness (QED) is 0.262. The molecule has 2 aliphatic rings. The number of hydrogen-bond donors (Lipinski definition) is 0. The van der Waals surface area contributed by atoms with Gasteiger partial charge in [-0.3, -0.25) is 0 Å². The van der Waals surface area contributed by atoms with Gasteiger partial charge in [-0.15, -0.1) is 0 Å². The van der Waals surface area contributed by atoms with Crippen LogP contribution in [0.5, 0.6) is 0 Å². The molecule has 2 fully saturated rings. The summed E-state index contributed by atoms with van der Waals surface area (Å²) in [6.07, 6.45) is -3.57. The molecule has 2 heterocycles. The summed E-state index contributed by atoms with van der Waals surface area (Å²) >= 11 is 0. The van der Waals surface area contributed by atoms with Gasteiger partial charge in [0.1, 0.15) is 49.3 Å². The Kier molecular flexibility index (Phi) is 8.35. The van der Waals surface area contributed by atoms with Crippen molar-refractivity contribution in [1.29, 1.82) is 0 Å². The monoisotopic (exact) mass is 448 g/mol. The van der Waals surface area contributed by atoms with Crippen LogP contribution < -0.4 is 0 Å². The second-order valence-corrected chi connectivity index (χ2v) is 8.67. The maximum atomic E-state index is 12.1. The molecule has 0 N–H and O–H groups in total. The summed E-state index contributed by atoms with van der Waals surface area (Å²) in [7, 11) is 0. The lowest BCUT2D eigenvalue weighted by atomic mass is 9.93. The van der Waals surface area contributed by atoms with Gasteiger partial charge in [-0.05, 0) is 34.6 Å². The Morgan fingerprint density at radius 3 is 1.77 bits per heavy atom. The third-order valence-electron chi connectivity index (χ3n) is 5.16. The van der Waals surface area contributed by atoms with Gasteiger partial charge in [-0.25, -0.2) is 14.4 Å². The van der Waals surface area contributed by atoms with E-state index in [1.165, 1.54) is 0 Å². The van der Waals surface area contributed by atoms with Crippen molar-refractivity contribution < 1.29 is 52.3 Å². The number of epoxide rings is 2. The lowest BCUT2D eigenvalue weighted by Gasteiger charge is -2.32. The summed E-state index contributed by atoms with van der Waals surface area (Å²) in [5.41, 5.74) is -2.13. The van der Waals surface area contributed by atoms with Crippen molar-refractivity contribution in [2.24, 2.45) is 5.92 Å². The van der Waals surface area contributed by atoms with Crippen LogP contribution in [0.2, 0.25) is 0 Å². The Morgan fingerprint density at radius 1 is 0.806 bits per heavy atom. The van der Waals surface area contributed by atoms with Gasteiger partial charge < -0.3 is 37.9 Å². The van der Waals surface area contributed by atoms with Crippen molar-refractivity contribution >= 4 is 18.5 Å². The first-order valence-corrected chi connectivity index (χ1v) is 10.2. The highest BCUT2D eigenvalue weighted by atomic mass is 16.8. The lowest BCUT2D eigenvalue weighted by Crippen LogP contribution is -2.43. The molecule has 0 bridgehead atoms. The highest BCUT2D eigenvalue weighted by Crippen LogP contribution is 2.24. The van der Waals surface area contributed by atoms with Crippen LogP contribution in [0.3, 0.4) is 0 Å². The van der Waals surface area contributed by atoms with Gasteiger partial charge in [-0.1, -0.05) is 6.92 Å². The maximum absolute atomic E-state index is 12.1. The molecule has 2 aliphatic heterocycles. The number of hydrogen-bond acceptors (Lipinski definition) is 11. The fourth-order valence-electron chi connectivity index (χ4n) is 2.04. The van der Waals surface area contributed by atoms with Crippen LogP contribution in [0.15, 0.2) is 0 Å². The Bertz CT molecular complexity index is 637. The molecular weight excluding hydrogens is 416 g/mol. The Morgan fingerprint density at radius 2 is 1.26 bits per heavy atom. The van der Waals surface area contributed by atoms with E-state index < -0.39 is 35.8 Å². The van der Waals surface area contributed by atoms with Crippen LogP contribution in [0.25, 0.3) is 0 Å². The fraction of sp³-hybridized carbons (Fsp3) is 0.850. The van der Waals surface area contributed by atoms with E-state index in [1.54, 1.807) is 41.5 Å². The van der Waals surface area contributed by atoms with Crippen molar-refractivity contribution in [3.8, 4) is 0 Å². The molecule has 0 aromatic heterocycles. The smallest absolute Gasteiger partial charge is 0.434 e. The highest BCUT2D eigenvalue weighted by Gasteiger charge is 2.37. The van der Waals surface area contributed by atoms with Gasteiger partial charge in [0.25, 0.3) is 0 Å². The zero-order valence-electron chi connectivity index (χ0n) is 18.8. The Hall–Kier alpha value is -2.27. The van der Waals surface area contributed by atoms with Crippen molar-refractivity contribution in [3.05, 3.63) is 0 Å². The van der Waals surface area contributed by atoms with Gasteiger partial charge in [0.2, 0.25) is 0 Å². The molecule has 0 spiro atoms. The minimum atomic E-state index is -1.17. The molecule has 2 saturated heterocycles. The largest absolute Gasteiger partial charge is 0.508 e. The second-order valence-electron chi connectivity index (χ2n) is 8.67. The molecule has 4 atom stereocenters. The average Bonchev–Trinajstić information content (AvgIpc) is 3.56. The van der Waals surface area contributed by atoms with Crippen molar-refractivity contribution in [2.75, 3.05) is 33.0 Å². The van der Waals surface area contributed by atoms with Crippen LogP contribution in [0, 0.1) is 5.92 Å². The van der Waals surface area contributed by atoms with Gasteiger partial charge in [0, 0.05) is 5.92 Å². The topological polar surface area (TPSA) is 132 Å². The van der Waals surface area contributed by atoms with Crippen LogP contribution in [0.4, 0.5) is 14.4 Å². The maximum Gasteiger partial charge on any atom is 0.508 e. The normalized spacial score (nSPS) is 21.9. The number of rotatable bonds is 11. The molecule has 11 heteroatoms. The fourth-order valence-corrected chi connectivity index (χ4v) is 2.04. The molecule has 2 rings (SSSR count). The molecule has 0 aromatic carbocycles. The molecule has 11 nitrogen and oxygen atoms in total. The standard InChI is InChI=1S/C20H32O11/c1-12(19(3,4)30-18(23)28-11-15-9-25-15)7-26-17(22)31-20(5,6)13(2)29-16(21)27-10-14-8-24-14/h12-15H,7-11H2,1-6H3. The zero-order chi connectivity index (χ0) is 23.2. The molecule has 0 radical (unpaired) electrons. The molecule has 0 amide bonds. The first kappa shape index (κ1) is 25.0. The van der Waals surface area contributed by atoms with E-state index in [-0.39, 0.29) is 37.9 Å². The summed E-state index contributed by atoms with van der Waals surface area (Å²) in [6.45, 7) is 11.1. The highest BCUT2D eigenvalue weighted by molar-refractivity contribution is 5.62. The van der Waals surface area contributed by atoms with Gasteiger partial charge in [-0.2, -0.15) is 0 Å². The first-order valence-electron chi connectivity index (χ1n) is 10.2. The Labute approximate surface area is 181 Å². The zero-order valence-corrected chi connectivity index (χ0v) is 18.8. The minimum absolute atomic E-state index is 0.0602.